The molecule has 0 bridgehead atoms. The zero-order valence-electron chi connectivity index (χ0n) is 18.8. The number of benzene rings is 2. The maximum Gasteiger partial charge on any atom is 0.340 e. The Morgan fingerprint density at radius 2 is 1.71 bits per heavy atom. The van der Waals surface area contributed by atoms with E-state index in [1.807, 2.05) is 41.8 Å². The first-order valence-corrected chi connectivity index (χ1v) is 10.4. The second-order valence-electron chi connectivity index (χ2n) is 7.13. The summed E-state index contributed by atoms with van der Waals surface area (Å²) in [6, 6.07) is 11.3. The molecular weight excluding hydrogens is 416 g/mol. The van der Waals surface area contributed by atoms with E-state index in [0.717, 1.165) is 46.7 Å². The minimum Gasteiger partial charge on any atom is -0.508 e. The van der Waals surface area contributed by atoms with Gasteiger partial charge in [0.25, 0.3) is 0 Å². The van der Waals surface area contributed by atoms with E-state index >= 15 is 0 Å². The highest BCUT2D eigenvalue weighted by molar-refractivity contribution is 6.08. The van der Waals surface area contributed by atoms with Gasteiger partial charge >= 0.3 is 5.97 Å². The van der Waals surface area contributed by atoms with Crippen LogP contribution in [-0.2, 0) is 11.3 Å². The lowest BCUT2D eigenvalue weighted by molar-refractivity contribution is 0.0527. The van der Waals surface area contributed by atoms with Crippen LogP contribution in [-0.4, -0.2) is 47.3 Å². The minimum absolute atomic E-state index is 0. The fourth-order valence-corrected chi connectivity index (χ4v) is 3.91. The molecule has 3 rings (SSSR count). The van der Waals surface area contributed by atoms with E-state index in [1.165, 1.54) is 0 Å². The first-order valence-electron chi connectivity index (χ1n) is 10.4. The Morgan fingerprint density at radius 1 is 1.06 bits per heavy atom. The number of hydrogen-bond donors (Lipinski definition) is 1. The molecule has 0 aliphatic heterocycles. The molecule has 0 unspecified atom stereocenters. The van der Waals surface area contributed by atoms with Gasteiger partial charge in [0.05, 0.1) is 24.8 Å². The Kier molecular flexibility index (Phi) is 8.36. The van der Waals surface area contributed by atoms with Gasteiger partial charge in [-0.3, -0.25) is 4.90 Å². The summed E-state index contributed by atoms with van der Waals surface area (Å²) in [4.78, 5) is 15.2. The van der Waals surface area contributed by atoms with Crippen LogP contribution in [0.2, 0.25) is 0 Å². The number of rotatable bonds is 8. The molecule has 1 N–H and O–H groups in total. The molecule has 0 saturated heterocycles. The van der Waals surface area contributed by atoms with Crippen molar-refractivity contribution in [1.82, 2.24) is 9.47 Å². The number of ether oxygens (including phenoxy) is 2. The first-order chi connectivity index (χ1) is 14.5. The summed E-state index contributed by atoms with van der Waals surface area (Å²) >= 11 is 0. The lowest BCUT2D eigenvalue weighted by atomic mass is 10.0. The first kappa shape index (κ1) is 24.6. The second kappa shape index (κ2) is 10.6. The van der Waals surface area contributed by atoms with E-state index in [2.05, 4.69) is 18.7 Å². The predicted octanol–water partition coefficient (Wildman–Crippen LogP) is 5.09. The molecule has 31 heavy (non-hydrogen) atoms. The monoisotopic (exact) mass is 446 g/mol. The standard InChI is InChI=1S/C24H30N2O4.ClH/c1-6-25(7-2)15-19-21(27)14-13-20-23(19)22(24(28)30-8-3)16(4)26(20)17-9-11-18(29-5)12-10-17;/h9-14,27H,6-8,15H2,1-5H3;1H. The van der Waals surface area contributed by atoms with Crippen LogP contribution in [0.5, 0.6) is 11.5 Å². The molecule has 0 aliphatic rings. The summed E-state index contributed by atoms with van der Waals surface area (Å²) in [5.74, 6) is 0.573. The number of nitrogens with zero attached hydrogens (tertiary/aromatic N) is 2. The molecule has 2 aromatic carbocycles. The van der Waals surface area contributed by atoms with Crippen LogP contribution in [0.15, 0.2) is 36.4 Å². The Balaban J connectivity index is 0.00000341. The van der Waals surface area contributed by atoms with Crippen molar-refractivity contribution in [1.29, 1.82) is 0 Å². The topological polar surface area (TPSA) is 63.9 Å². The number of aromatic nitrogens is 1. The number of fused-ring (bicyclic) bond motifs is 1. The zero-order chi connectivity index (χ0) is 21.8. The van der Waals surface area contributed by atoms with Crippen molar-refractivity contribution in [3.8, 4) is 17.2 Å². The molecular formula is C24H31ClN2O4. The smallest absolute Gasteiger partial charge is 0.340 e. The van der Waals surface area contributed by atoms with E-state index in [-0.39, 0.29) is 30.7 Å². The lowest BCUT2D eigenvalue weighted by Gasteiger charge is -2.20. The SMILES string of the molecule is CCOC(=O)c1c(C)n(-c2ccc(OC)cc2)c2ccc(O)c(CN(CC)CC)c12.Cl. The van der Waals surface area contributed by atoms with Crippen LogP contribution in [0.25, 0.3) is 16.6 Å². The Labute approximate surface area is 189 Å². The molecule has 3 aromatic rings. The lowest BCUT2D eigenvalue weighted by Crippen LogP contribution is -2.22. The average Bonchev–Trinajstić information content (AvgIpc) is 3.05. The molecule has 7 heteroatoms. The molecule has 168 valence electrons. The number of carbonyl (C=O) groups excluding carboxylic acids is 1. The third-order valence-electron chi connectivity index (χ3n) is 5.54. The van der Waals surface area contributed by atoms with E-state index < -0.39 is 0 Å². The summed E-state index contributed by atoms with van der Waals surface area (Å²) in [6.45, 7) is 10.4. The van der Waals surface area contributed by atoms with Gasteiger partial charge in [0.15, 0.2) is 0 Å². The molecule has 0 fully saturated rings. The molecule has 0 spiro atoms. The molecule has 1 heterocycles. The third kappa shape index (κ3) is 4.65. The van der Waals surface area contributed by atoms with Crippen molar-refractivity contribution in [3.05, 3.63) is 53.2 Å². The van der Waals surface area contributed by atoms with E-state index in [1.54, 1.807) is 20.1 Å². The van der Waals surface area contributed by atoms with Crippen LogP contribution >= 0.6 is 12.4 Å². The van der Waals surface area contributed by atoms with Gasteiger partial charge in [-0.25, -0.2) is 4.79 Å². The predicted molar refractivity (Wildman–Crippen MR) is 126 cm³/mol. The van der Waals surface area contributed by atoms with E-state index in [0.29, 0.717) is 12.1 Å². The number of halogens is 1. The van der Waals surface area contributed by atoms with Crippen LogP contribution < -0.4 is 4.74 Å². The number of esters is 1. The van der Waals surface area contributed by atoms with Crippen molar-refractivity contribution in [2.24, 2.45) is 0 Å². The molecule has 6 nitrogen and oxygen atoms in total. The number of methoxy groups -OCH3 is 1. The average molecular weight is 447 g/mol. The largest absolute Gasteiger partial charge is 0.508 e. The van der Waals surface area contributed by atoms with Gasteiger partial charge in [0.2, 0.25) is 0 Å². The van der Waals surface area contributed by atoms with Gasteiger partial charge in [0.1, 0.15) is 11.5 Å². The fourth-order valence-electron chi connectivity index (χ4n) is 3.91. The summed E-state index contributed by atoms with van der Waals surface area (Å²) in [5, 5.41) is 11.5. The van der Waals surface area contributed by atoms with Gasteiger partial charge in [-0.1, -0.05) is 13.8 Å². The Hall–Kier alpha value is -2.70. The normalized spacial score (nSPS) is 10.9. The highest BCUT2D eigenvalue weighted by atomic mass is 35.5. The quantitative estimate of drug-likeness (QED) is 0.488. The summed E-state index contributed by atoms with van der Waals surface area (Å²) in [7, 11) is 1.63. The molecule has 0 radical (unpaired) electrons. The molecule has 0 aliphatic carbocycles. The van der Waals surface area contributed by atoms with Crippen LogP contribution in [0.3, 0.4) is 0 Å². The molecule has 0 saturated carbocycles. The van der Waals surface area contributed by atoms with Gasteiger partial charge < -0.3 is 19.1 Å². The van der Waals surface area contributed by atoms with Gasteiger partial charge in [-0.05, 0) is 63.3 Å². The van der Waals surface area contributed by atoms with Crippen LogP contribution in [0.1, 0.15) is 42.4 Å². The second-order valence-corrected chi connectivity index (χ2v) is 7.13. The van der Waals surface area contributed by atoms with Crippen molar-refractivity contribution >= 4 is 29.3 Å². The summed E-state index contributed by atoms with van der Waals surface area (Å²) < 4.78 is 12.7. The van der Waals surface area contributed by atoms with Crippen LogP contribution in [0, 0.1) is 6.92 Å². The number of phenolic OH excluding ortho intramolecular Hbond substituents is 1. The van der Waals surface area contributed by atoms with Crippen molar-refractivity contribution in [3.63, 3.8) is 0 Å². The number of phenols is 1. The van der Waals surface area contributed by atoms with E-state index in [9.17, 15) is 9.90 Å². The fraction of sp³-hybridized carbons (Fsp3) is 0.375. The maximum absolute atomic E-state index is 13.0. The highest BCUT2D eigenvalue weighted by Gasteiger charge is 2.26. The van der Waals surface area contributed by atoms with Crippen LogP contribution in [0.4, 0.5) is 0 Å². The van der Waals surface area contributed by atoms with Gasteiger partial charge in [-0.15, -0.1) is 12.4 Å². The van der Waals surface area contributed by atoms with Crippen molar-refractivity contribution in [2.75, 3.05) is 26.8 Å². The molecule has 0 amide bonds. The van der Waals surface area contributed by atoms with Crippen molar-refractivity contribution in [2.45, 2.75) is 34.2 Å². The van der Waals surface area contributed by atoms with Crippen molar-refractivity contribution < 1.29 is 19.4 Å². The Bertz CT molecular complexity index is 1040. The summed E-state index contributed by atoms with van der Waals surface area (Å²) in [5.41, 5.74) is 3.80. The third-order valence-corrected chi connectivity index (χ3v) is 5.54. The number of aromatic hydroxyl groups is 1. The van der Waals surface area contributed by atoms with Gasteiger partial charge in [0, 0.05) is 28.9 Å². The molecule has 0 atom stereocenters. The molecule has 1 aromatic heterocycles. The highest BCUT2D eigenvalue weighted by Crippen LogP contribution is 2.37. The summed E-state index contributed by atoms with van der Waals surface area (Å²) in [6.07, 6.45) is 0. The Morgan fingerprint density at radius 3 is 2.26 bits per heavy atom. The van der Waals surface area contributed by atoms with Gasteiger partial charge in [-0.2, -0.15) is 0 Å². The number of carbonyl (C=O) groups is 1. The van der Waals surface area contributed by atoms with E-state index in [4.69, 9.17) is 9.47 Å². The maximum atomic E-state index is 13.0. The zero-order valence-corrected chi connectivity index (χ0v) is 19.6. The number of hydrogen-bond acceptors (Lipinski definition) is 5. The minimum atomic E-state index is -0.376.